The molecule has 2 heterocycles. The highest BCUT2D eigenvalue weighted by atomic mass is 16.7. The molecular formula is C34H52N2O12. The molecule has 2 aliphatic rings. The van der Waals surface area contributed by atoms with Crippen molar-refractivity contribution in [3.8, 4) is 5.75 Å². The molecule has 0 spiro atoms. The van der Waals surface area contributed by atoms with Crippen molar-refractivity contribution in [1.29, 1.82) is 0 Å². The third-order valence-electron chi connectivity index (χ3n) is 8.88. The molecule has 0 aliphatic carbocycles. The summed E-state index contributed by atoms with van der Waals surface area (Å²) in [4.78, 5) is 25.1. The molecule has 2 aliphatic heterocycles. The van der Waals surface area contributed by atoms with Crippen molar-refractivity contribution < 1.29 is 58.8 Å². The van der Waals surface area contributed by atoms with Crippen molar-refractivity contribution in [1.82, 2.24) is 0 Å². The molecule has 14 nitrogen and oxygen atoms in total. The number of carbonyl (C=O) groups is 2. The van der Waals surface area contributed by atoms with Crippen LogP contribution in [0.5, 0.6) is 5.75 Å². The Morgan fingerprint density at radius 3 is 2.31 bits per heavy atom. The molecule has 11 atom stereocenters. The summed E-state index contributed by atoms with van der Waals surface area (Å²) in [6.45, 7) is 6.66. The van der Waals surface area contributed by atoms with Gasteiger partial charge in [-0.15, -0.1) is 0 Å². The molecule has 48 heavy (non-hydrogen) atoms. The Morgan fingerprint density at radius 2 is 1.69 bits per heavy atom. The second-order valence-electron chi connectivity index (χ2n) is 12.8. The van der Waals surface area contributed by atoms with Crippen molar-refractivity contribution in [3.63, 3.8) is 0 Å². The summed E-state index contributed by atoms with van der Waals surface area (Å²) >= 11 is 0. The van der Waals surface area contributed by atoms with Crippen LogP contribution < -0.4 is 15.8 Å². The van der Waals surface area contributed by atoms with Crippen LogP contribution in [0.1, 0.15) is 52.5 Å². The van der Waals surface area contributed by atoms with Gasteiger partial charge in [0.15, 0.2) is 6.10 Å². The monoisotopic (exact) mass is 680 g/mol. The maximum Gasteiger partial charge on any atom is 0.405 e. The topological polar surface area (TPSA) is 219 Å². The van der Waals surface area contributed by atoms with Gasteiger partial charge in [-0.1, -0.05) is 26.0 Å². The molecule has 3 rings (SSSR count). The maximum absolute atomic E-state index is 13.3. The molecule has 14 heteroatoms. The van der Waals surface area contributed by atoms with E-state index in [0.29, 0.717) is 42.5 Å². The number of primary amides is 1. The Balaban J connectivity index is 2.00. The molecule has 1 fully saturated rings. The van der Waals surface area contributed by atoms with Gasteiger partial charge < -0.3 is 60.3 Å². The number of nitrogens with two attached hydrogens (primary N) is 1. The molecule has 1 aromatic carbocycles. The minimum atomic E-state index is -1.62. The van der Waals surface area contributed by atoms with Crippen molar-refractivity contribution >= 4 is 17.7 Å². The Kier molecular flexibility index (Phi) is 14.8. The lowest BCUT2D eigenvalue weighted by Gasteiger charge is -2.39. The first-order chi connectivity index (χ1) is 22.7. The van der Waals surface area contributed by atoms with Gasteiger partial charge >= 0.3 is 6.09 Å². The van der Waals surface area contributed by atoms with Crippen LogP contribution in [0.25, 0.3) is 0 Å². The van der Waals surface area contributed by atoms with Gasteiger partial charge in [0.25, 0.3) is 5.91 Å². The fourth-order valence-corrected chi connectivity index (χ4v) is 6.19. The molecule has 0 saturated carbocycles. The lowest BCUT2D eigenvalue weighted by atomic mass is 9.88. The Labute approximate surface area is 281 Å². The van der Waals surface area contributed by atoms with Crippen molar-refractivity contribution in [2.75, 3.05) is 26.1 Å². The smallest absolute Gasteiger partial charge is 0.405 e. The number of amides is 2. The molecular weight excluding hydrogens is 628 g/mol. The van der Waals surface area contributed by atoms with E-state index in [1.54, 1.807) is 32.1 Å². The zero-order valence-corrected chi connectivity index (χ0v) is 28.4. The van der Waals surface area contributed by atoms with E-state index in [1.165, 1.54) is 20.3 Å². The number of allylic oxidation sites excluding steroid dienone is 1. The number of rotatable bonds is 6. The molecule has 0 radical (unpaired) electrons. The van der Waals surface area contributed by atoms with Crippen molar-refractivity contribution in [2.24, 2.45) is 17.6 Å². The first-order valence-electron chi connectivity index (χ1n) is 16.2. The number of hydrogen-bond donors (Lipinski definition) is 7. The number of anilines is 1. The van der Waals surface area contributed by atoms with Crippen LogP contribution in [0.15, 0.2) is 41.5 Å². The standard InChI is InChI=1S/C34H52N2O12/c1-17-10-21-13-22(15-23(14-21)46-33-30(41)29(40)28(39)26(16-37)47-33)36-32(42)18(2)8-7-9-24(44-5)31(48-34(35)43)20(4)12-19(3)27(38)25(11-17)45-6/h8,12-15,17,19,24-31,33,37-41H,7,9-11,16H2,1-6H3,(H2,35,43)(H,36,42)/b18-8+,20-12+/t17-,19+,24+,25+,26-,27-,28-,29+,30-,31+,33-/m1/s1. The highest BCUT2D eigenvalue weighted by molar-refractivity contribution is 6.03. The number of nitrogens with one attached hydrogen (secondary N) is 1. The van der Waals surface area contributed by atoms with Gasteiger partial charge in [-0.25, -0.2) is 4.79 Å². The van der Waals surface area contributed by atoms with Crippen LogP contribution in [0.2, 0.25) is 0 Å². The number of fused-ring (bicyclic) bond motifs is 2. The Hall–Kier alpha value is -3.08. The van der Waals surface area contributed by atoms with E-state index in [2.05, 4.69) is 5.32 Å². The van der Waals surface area contributed by atoms with Gasteiger partial charge in [0.2, 0.25) is 6.29 Å². The number of carbonyl (C=O) groups excluding carboxylic acids is 2. The second kappa shape index (κ2) is 18.1. The molecule has 1 aromatic rings. The Bertz CT molecular complexity index is 1290. The summed E-state index contributed by atoms with van der Waals surface area (Å²) in [5.41, 5.74) is 7.59. The summed E-state index contributed by atoms with van der Waals surface area (Å²) in [5.74, 6) is -0.622. The summed E-state index contributed by atoms with van der Waals surface area (Å²) in [7, 11) is 3.02. The molecule has 0 aromatic heterocycles. The van der Waals surface area contributed by atoms with Gasteiger partial charge in [-0.05, 0) is 68.7 Å². The van der Waals surface area contributed by atoms with Crippen LogP contribution in [0, 0.1) is 11.8 Å². The lowest BCUT2D eigenvalue weighted by molar-refractivity contribution is -0.277. The van der Waals surface area contributed by atoms with Crippen LogP contribution >= 0.6 is 0 Å². The first-order valence-corrected chi connectivity index (χ1v) is 16.2. The largest absolute Gasteiger partial charge is 0.462 e. The van der Waals surface area contributed by atoms with Crippen LogP contribution in [-0.2, 0) is 30.2 Å². The quantitative estimate of drug-likeness (QED) is 0.213. The zero-order chi connectivity index (χ0) is 35.7. The SMILES string of the molecule is CO[C@H]1C[C@H](C)Cc2cc(cc(O[C@@H]3O[C@H](CO)[C@@H](O)[C@H](O)[C@H]3O)c2)NC(=O)/C(C)=C/CC[C@H](OC)[C@@H](OC(N)=O)/C(C)=C/[C@H](C)[C@H]1O. The number of aliphatic hydroxyl groups excluding tert-OH is 5. The Morgan fingerprint density at radius 1 is 1.00 bits per heavy atom. The highest BCUT2D eigenvalue weighted by Crippen LogP contribution is 2.30. The van der Waals surface area contributed by atoms with Crippen molar-refractivity contribution in [2.45, 2.75) is 108 Å². The number of benzene rings is 1. The molecule has 2 bridgehead atoms. The third-order valence-corrected chi connectivity index (χ3v) is 8.88. The number of hydrogen-bond acceptors (Lipinski definition) is 12. The van der Waals surface area contributed by atoms with E-state index in [4.69, 9.17) is 29.4 Å². The maximum atomic E-state index is 13.3. The summed E-state index contributed by atoms with van der Waals surface area (Å²) in [6, 6.07) is 5.03. The molecule has 8 N–H and O–H groups in total. The molecule has 0 unspecified atom stereocenters. The predicted octanol–water partition coefficient (Wildman–Crippen LogP) is 1.55. The number of ether oxygens (including phenoxy) is 5. The number of methoxy groups -OCH3 is 2. The van der Waals surface area contributed by atoms with E-state index in [-0.39, 0.29) is 17.6 Å². The zero-order valence-electron chi connectivity index (χ0n) is 28.4. The van der Waals surface area contributed by atoms with Gasteiger partial charge in [0.05, 0.1) is 24.9 Å². The van der Waals surface area contributed by atoms with E-state index in [1.807, 2.05) is 19.9 Å². The lowest BCUT2D eigenvalue weighted by Crippen LogP contribution is -2.60. The van der Waals surface area contributed by atoms with Gasteiger partial charge in [-0.2, -0.15) is 0 Å². The molecule has 270 valence electrons. The fourth-order valence-electron chi connectivity index (χ4n) is 6.19. The molecule has 2 amide bonds. The predicted molar refractivity (Wildman–Crippen MR) is 175 cm³/mol. The van der Waals surface area contributed by atoms with Gasteiger partial charge in [-0.3, -0.25) is 4.79 Å². The van der Waals surface area contributed by atoms with Crippen LogP contribution in [-0.4, -0.2) is 113 Å². The summed E-state index contributed by atoms with van der Waals surface area (Å²) < 4.78 is 28.3. The number of aliphatic hydroxyl groups is 5. The average Bonchev–Trinajstić information content (AvgIpc) is 3.03. The van der Waals surface area contributed by atoms with Gasteiger partial charge in [0, 0.05) is 37.5 Å². The second-order valence-corrected chi connectivity index (χ2v) is 12.8. The van der Waals surface area contributed by atoms with E-state index in [9.17, 15) is 35.1 Å². The summed E-state index contributed by atoms with van der Waals surface area (Å²) in [5, 5.41) is 54.7. The van der Waals surface area contributed by atoms with Crippen LogP contribution in [0.3, 0.4) is 0 Å². The molecule has 1 saturated heterocycles. The van der Waals surface area contributed by atoms with Gasteiger partial charge in [0.1, 0.15) is 30.2 Å². The van der Waals surface area contributed by atoms with Crippen LogP contribution in [0.4, 0.5) is 10.5 Å². The van der Waals surface area contributed by atoms with E-state index >= 15 is 0 Å². The minimum Gasteiger partial charge on any atom is -0.462 e. The minimum absolute atomic E-state index is 0.0412. The van der Waals surface area contributed by atoms with Crippen molar-refractivity contribution in [3.05, 3.63) is 47.1 Å². The highest BCUT2D eigenvalue weighted by Gasteiger charge is 2.44. The van der Waals surface area contributed by atoms with E-state index < -0.39 is 73.7 Å². The normalized spacial score (nSPS) is 36.6. The third kappa shape index (κ3) is 10.5. The summed E-state index contributed by atoms with van der Waals surface area (Å²) in [6.07, 6.45) is -5.96. The first kappa shape index (κ1) is 39.4. The van der Waals surface area contributed by atoms with E-state index in [0.717, 1.165) is 5.56 Å². The average molecular weight is 681 g/mol. The fraction of sp³-hybridized carbons (Fsp3) is 0.647.